The van der Waals surface area contributed by atoms with Gasteiger partial charge in [0, 0.05) is 67.7 Å². The van der Waals surface area contributed by atoms with Crippen molar-refractivity contribution in [1.29, 1.82) is 0 Å². The minimum absolute atomic E-state index is 0.0967. The van der Waals surface area contributed by atoms with Gasteiger partial charge in [-0.15, -0.1) is 0 Å². The molecule has 22 nitrogen and oxygen atoms in total. The molecule has 0 spiro atoms. The Hall–Kier alpha value is -5.67. The van der Waals surface area contributed by atoms with Crippen molar-refractivity contribution in [3.05, 3.63) is 0 Å². The molecule has 480 valence electrons. The molecule has 84 heavy (non-hydrogen) atoms. The summed E-state index contributed by atoms with van der Waals surface area (Å²) in [5, 5.41) is 12.0. The number of hydrogen-bond donors (Lipinski definition) is 4. The van der Waals surface area contributed by atoms with Gasteiger partial charge in [0.1, 0.15) is 54.4 Å². The minimum atomic E-state index is -1.17. The maximum absolute atomic E-state index is 15.2. The van der Waals surface area contributed by atoms with Crippen LogP contribution in [0, 0.1) is 47.3 Å². The van der Waals surface area contributed by atoms with Crippen molar-refractivity contribution in [1.82, 2.24) is 55.6 Å². The third kappa shape index (κ3) is 19.2. The van der Waals surface area contributed by atoms with Crippen molar-refractivity contribution in [3.63, 3.8) is 0 Å². The van der Waals surface area contributed by atoms with Crippen molar-refractivity contribution in [3.8, 4) is 0 Å². The first-order valence-electron chi connectivity index (χ1n) is 30.8. The number of likely N-dealkylation sites (N-methyl/N-ethyl adjacent to an activating group) is 7. The summed E-state index contributed by atoms with van der Waals surface area (Å²) >= 11 is 0. The Morgan fingerprint density at radius 3 is 1.30 bits per heavy atom. The number of carbonyl (C=O) groups is 11. The third-order valence-corrected chi connectivity index (χ3v) is 17.1. The van der Waals surface area contributed by atoms with Crippen LogP contribution in [0.25, 0.3) is 0 Å². The number of hydrogen-bond acceptors (Lipinski definition) is 12. The lowest BCUT2D eigenvalue weighted by Gasteiger charge is -2.42. The molecule has 10 amide bonds. The fraction of sp³-hybridized carbons (Fsp3) is 0.823. The van der Waals surface area contributed by atoms with Gasteiger partial charge in [-0.3, -0.25) is 52.7 Å². The lowest BCUT2D eigenvalue weighted by atomic mass is 9.92. The van der Waals surface area contributed by atoms with Gasteiger partial charge in [0.2, 0.25) is 59.1 Å². The second-order valence-electron chi connectivity index (χ2n) is 26.8. The smallest absolute Gasteiger partial charge is 0.246 e. The summed E-state index contributed by atoms with van der Waals surface area (Å²) in [7, 11) is 10.4. The highest BCUT2D eigenvalue weighted by atomic mass is 16.2. The second-order valence-corrected chi connectivity index (χ2v) is 26.8. The Morgan fingerprint density at radius 1 is 0.440 bits per heavy atom. The van der Waals surface area contributed by atoms with E-state index >= 15 is 9.59 Å². The molecule has 0 saturated carbocycles. The van der Waals surface area contributed by atoms with Gasteiger partial charge in [0.05, 0.1) is 6.04 Å². The first-order valence-corrected chi connectivity index (χ1v) is 30.8. The van der Waals surface area contributed by atoms with Crippen molar-refractivity contribution in [2.24, 2.45) is 47.3 Å². The predicted octanol–water partition coefficient (Wildman–Crippen LogP) is 3.78. The number of rotatable bonds is 12. The second kappa shape index (κ2) is 32.7. The van der Waals surface area contributed by atoms with Crippen LogP contribution < -0.4 is 21.3 Å². The van der Waals surface area contributed by atoms with Crippen LogP contribution in [0.3, 0.4) is 0 Å². The lowest BCUT2D eigenvalue weighted by Crippen LogP contribution is -2.64. The van der Waals surface area contributed by atoms with E-state index in [1.807, 2.05) is 62.3 Å². The Labute approximate surface area is 503 Å². The first-order chi connectivity index (χ1) is 38.8. The van der Waals surface area contributed by atoms with Gasteiger partial charge in [-0.05, 0) is 100 Å². The molecule has 22 heteroatoms. The third-order valence-electron chi connectivity index (χ3n) is 17.1. The van der Waals surface area contributed by atoms with Gasteiger partial charge in [-0.25, -0.2) is 0 Å². The molecule has 0 aromatic rings. The maximum Gasteiger partial charge on any atom is 0.246 e. The SMILES string of the molecule is CC[C@H]1NC(=O)C([C@H]2NCC[C@H]2C)N(C)C(=O)[C@@H](C(C)C)N(C)C(=O)[C@@H](CC(C)C)N(C)C(=O)[C@H](CC(C)C)N(C)C(=O)[C@H](C)CC(=O)[C@@H](C)NC(=O)[C@@H](CC(C)C)N(C)C(=O)[C@@H](C(C)C)NC(=O)[C@H](CC(C)C)N(C)C(=O)[C@@H](C)N(C)C1=O. The highest BCUT2D eigenvalue weighted by Crippen LogP contribution is 2.27. The fourth-order valence-corrected chi connectivity index (χ4v) is 11.6. The standard InChI is InChI=1S/C62H111N11O11/c1-25-43-58(80)67(18)42(17)57(79)68(19)45(29-34(4)5)54(76)66-49(37(10)11)61(83)69(20)44(28-33(2)3)53(75)64-41(16)48(74)32-40(15)56(78)70(21)46(30-35(6)7)59(81)71(22)47(31-36(8)9)60(82)72(23)51(38(12)13)62(84)73(24)52(55(77)65-43)50-39(14)26-27-63-50/h33-47,49-52,63H,25-32H2,1-24H3,(H,64,75)(H,65,77)(H,66,76)/t39-,40-,41-,42-,43-,44-,45+,46+,47-,49-,50+,51-,52?/m1/s1. The van der Waals surface area contributed by atoms with E-state index in [4.69, 9.17) is 0 Å². The molecule has 2 aliphatic rings. The molecule has 4 N–H and O–H groups in total. The normalized spacial score (nSPS) is 29.9. The highest BCUT2D eigenvalue weighted by molar-refractivity contribution is 6.00. The van der Waals surface area contributed by atoms with E-state index in [9.17, 15) is 43.2 Å². The van der Waals surface area contributed by atoms with Gasteiger partial charge in [0.25, 0.3) is 0 Å². The van der Waals surface area contributed by atoms with Crippen LogP contribution in [0.15, 0.2) is 0 Å². The quantitative estimate of drug-likeness (QED) is 0.218. The zero-order valence-electron chi connectivity index (χ0n) is 55.7. The van der Waals surface area contributed by atoms with Crippen LogP contribution in [0.5, 0.6) is 0 Å². The Morgan fingerprint density at radius 2 is 0.869 bits per heavy atom. The molecule has 0 radical (unpaired) electrons. The van der Waals surface area contributed by atoms with E-state index in [-0.39, 0.29) is 68.1 Å². The average molecular weight is 1190 g/mol. The fourth-order valence-electron chi connectivity index (χ4n) is 11.6. The molecular formula is C62H111N11O11. The number of ketones is 1. The molecule has 2 saturated heterocycles. The van der Waals surface area contributed by atoms with E-state index < -0.39 is 149 Å². The van der Waals surface area contributed by atoms with Crippen LogP contribution in [0.2, 0.25) is 0 Å². The van der Waals surface area contributed by atoms with E-state index in [0.717, 1.165) is 0 Å². The number of nitrogens with zero attached hydrogens (tertiary/aromatic N) is 7. The monoisotopic (exact) mass is 1190 g/mol. The molecule has 13 atom stereocenters. The zero-order valence-corrected chi connectivity index (χ0v) is 55.7. The molecule has 0 aromatic carbocycles. The van der Waals surface area contributed by atoms with Gasteiger partial charge < -0.3 is 55.6 Å². The van der Waals surface area contributed by atoms with Crippen LogP contribution in [0.1, 0.15) is 163 Å². The van der Waals surface area contributed by atoms with Crippen molar-refractivity contribution >= 4 is 64.9 Å². The summed E-state index contributed by atoms with van der Waals surface area (Å²) in [6.07, 6.45) is 1.28. The first kappa shape index (κ1) is 74.4. The number of carbonyl (C=O) groups excluding carboxylic acids is 11. The summed E-state index contributed by atoms with van der Waals surface area (Å²) in [5.74, 6) is -8.69. The van der Waals surface area contributed by atoms with Gasteiger partial charge >= 0.3 is 0 Å². The topological polar surface area (TPSA) is 259 Å². The molecule has 2 fully saturated rings. The molecule has 2 rings (SSSR count). The van der Waals surface area contributed by atoms with E-state index in [1.54, 1.807) is 41.5 Å². The summed E-state index contributed by atoms with van der Waals surface area (Å²) in [4.78, 5) is 170. The molecule has 0 bridgehead atoms. The summed E-state index contributed by atoms with van der Waals surface area (Å²) in [6, 6.07) is -11.8. The summed E-state index contributed by atoms with van der Waals surface area (Å²) in [6.45, 7) is 31.1. The predicted molar refractivity (Wildman–Crippen MR) is 325 cm³/mol. The van der Waals surface area contributed by atoms with Crippen LogP contribution in [-0.2, 0) is 52.7 Å². The number of amides is 10. The molecule has 0 aromatic heterocycles. The lowest BCUT2D eigenvalue weighted by molar-refractivity contribution is -0.156. The molecule has 2 aliphatic heterocycles. The van der Waals surface area contributed by atoms with Crippen LogP contribution in [0.4, 0.5) is 0 Å². The van der Waals surface area contributed by atoms with Crippen molar-refractivity contribution in [2.75, 3.05) is 55.9 Å². The number of Topliss-reactive ketones (excluding diaryl/α,β-unsaturated/α-hetero) is 1. The van der Waals surface area contributed by atoms with Crippen LogP contribution >= 0.6 is 0 Å². The highest BCUT2D eigenvalue weighted by Gasteiger charge is 2.47. The van der Waals surface area contributed by atoms with Gasteiger partial charge in [0.15, 0.2) is 5.78 Å². The Bertz CT molecular complexity index is 2310. The van der Waals surface area contributed by atoms with Crippen molar-refractivity contribution in [2.45, 2.75) is 229 Å². The van der Waals surface area contributed by atoms with Crippen LogP contribution in [-0.4, -0.2) is 221 Å². The van der Waals surface area contributed by atoms with E-state index in [0.29, 0.717) is 13.0 Å². The largest absolute Gasteiger partial charge is 0.345 e. The number of nitrogens with one attached hydrogen (secondary N) is 4. The minimum Gasteiger partial charge on any atom is -0.345 e. The molecule has 2 heterocycles. The Balaban J connectivity index is 2.95. The van der Waals surface area contributed by atoms with E-state index in [1.165, 1.54) is 97.5 Å². The average Bonchev–Trinajstić information content (AvgIpc) is 2.83. The zero-order chi connectivity index (χ0) is 64.8. The van der Waals surface area contributed by atoms with Gasteiger partial charge in [-0.2, -0.15) is 0 Å². The van der Waals surface area contributed by atoms with E-state index in [2.05, 4.69) is 21.3 Å². The molecule has 0 aliphatic carbocycles. The molecular weight excluding hydrogens is 1070 g/mol. The maximum atomic E-state index is 15.2. The van der Waals surface area contributed by atoms with Crippen molar-refractivity contribution < 1.29 is 52.7 Å². The summed E-state index contributed by atoms with van der Waals surface area (Å²) < 4.78 is 0. The Kier molecular flexibility index (Phi) is 29.0. The summed E-state index contributed by atoms with van der Waals surface area (Å²) in [5.41, 5.74) is 0. The molecule has 1 unspecified atom stereocenters. The van der Waals surface area contributed by atoms with Gasteiger partial charge in [-0.1, -0.05) is 104 Å².